The van der Waals surface area contributed by atoms with E-state index in [1.165, 1.54) is 19.3 Å². The van der Waals surface area contributed by atoms with Crippen molar-refractivity contribution in [1.82, 2.24) is 5.32 Å². The molecule has 1 aliphatic carbocycles. The van der Waals surface area contributed by atoms with Crippen LogP contribution in [0.2, 0.25) is 10.0 Å². The first-order valence-corrected chi connectivity index (χ1v) is 8.24. The van der Waals surface area contributed by atoms with Crippen molar-refractivity contribution in [1.29, 1.82) is 0 Å². The second-order valence-corrected chi connectivity index (χ2v) is 7.03. The molecule has 20 heavy (non-hydrogen) atoms. The molecule has 3 atom stereocenters. The third-order valence-corrected chi connectivity index (χ3v) is 5.02. The van der Waals surface area contributed by atoms with Gasteiger partial charge in [-0.1, -0.05) is 36.5 Å². The molecule has 1 heterocycles. The zero-order valence-corrected chi connectivity index (χ0v) is 13.3. The van der Waals surface area contributed by atoms with Crippen LogP contribution in [0.1, 0.15) is 44.2 Å². The van der Waals surface area contributed by atoms with Crippen LogP contribution in [0.3, 0.4) is 0 Å². The molecule has 1 N–H and O–H groups in total. The van der Waals surface area contributed by atoms with E-state index in [0.717, 1.165) is 36.1 Å². The lowest BCUT2D eigenvalue weighted by atomic mass is 9.99. The summed E-state index contributed by atoms with van der Waals surface area (Å²) in [4.78, 5) is 0. The molecule has 1 aromatic rings. The summed E-state index contributed by atoms with van der Waals surface area (Å²) in [7, 11) is 0. The highest BCUT2D eigenvalue weighted by molar-refractivity contribution is 6.35. The highest BCUT2D eigenvalue weighted by Gasteiger charge is 2.26. The third kappa shape index (κ3) is 3.08. The zero-order chi connectivity index (χ0) is 14.1. The first-order valence-electron chi connectivity index (χ1n) is 7.48. The molecule has 2 nitrogen and oxygen atoms in total. The minimum atomic E-state index is 0.311. The highest BCUT2D eigenvalue weighted by atomic mass is 35.5. The van der Waals surface area contributed by atoms with Gasteiger partial charge in [0.05, 0.1) is 11.6 Å². The van der Waals surface area contributed by atoms with Crippen LogP contribution in [0, 0.1) is 11.8 Å². The van der Waals surface area contributed by atoms with Gasteiger partial charge in [0.2, 0.25) is 0 Å². The molecule has 0 aromatic heterocycles. The van der Waals surface area contributed by atoms with Gasteiger partial charge in [-0.15, -0.1) is 0 Å². The molecule has 2 aliphatic rings. The third-order valence-electron chi connectivity index (χ3n) is 4.52. The van der Waals surface area contributed by atoms with Crippen molar-refractivity contribution in [2.45, 2.75) is 38.6 Å². The summed E-state index contributed by atoms with van der Waals surface area (Å²) in [6.45, 7) is 4.15. The van der Waals surface area contributed by atoms with E-state index in [1.54, 1.807) is 6.07 Å². The lowest BCUT2D eigenvalue weighted by molar-refractivity contribution is 0.248. The van der Waals surface area contributed by atoms with Crippen LogP contribution in [-0.4, -0.2) is 13.2 Å². The van der Waals surface area contributed by atoms with E-state index in [4.69, 9.17) is 27.9 Å². The molecule has 3 rings (SSSR count). The predicted octanol–water partition coefficient (Wildman–Crippen LogP) is 4.84. The van der Waals surface area contributed by atoms with Gasteiger partial charge in [-0.2, -0.15) is 0 Å². The van der Waals surface area contributed by atoms with E-state index >= 15 is 0 Å². The number of ether oxygens (including phenoxy) is 1. The maximum Gasteiger partial charge on any atom is 0.142 e. The monoisotopic (exact) mass is 313 g/mol. The molecule has 1 aliphatic heterocycles. The van der Waals surface area contributed by atoms with Crippen LogP contribution >= 0.6 is 23.2 Å². The van der Waals surface area contributed by atoms with Gasteiger partial charge in [0, 0.05) is 23.0 Å². The number of nitrogens with one attached hydrogen (secondary N) is 1. The van der Waals surface area contributed by atoms with Crippen molar-refractivity contribution in [2.75, 3.05) is 13.2 Å². The van der Waals surface area contributed by atoms with Crippen LogP contribution in [0.25, 0.3) is 0 Å². The molecular formula is C16H21Cl2NO. The molecule has 3 unspecified atom stereocenters. The Morgan fingerprint density at radius 1 is 1.25 bits per heavy atom. The fourth-order valence-corrected chi connectivity index (χ4v) is 4.02. The minimum Gasteiger partial charge on any atom is -0.492 e. The van der Waals surface area contributed by atoms with Gasteiger partial charge in [0.25, 0.3) is 0 Å². The minimum absolute atomic E-state index is 0.311. The molecule has 110 valence electrons. The van der Waals surface area contributed by atoms with Gasteiger partial charge in [-0.05, 0) is 43.4 Å². The molecule has 1 fully saturated rings. The summed E-state index contributed by atoms with van der Waals surface area (Å²) < 4.78 is 5.70. The van der Waals surface area contributed by atoms with Crippen LogP contribution in [-0.2, 0) is 0 Å². The zero-order valence-electron chi connectivity index (χ0n) is 11.8. The van der Waals surface area contributed by atoms with E-state index in [-0.39, 0.29) is 0 Å². The summed E-state index contributed by atoms with van der Waals surface area (Å²) in [5.74, 6) is 2.50. The van der Waals surface area contributed by atoms with Gasteiger partial charge in [-0.3, -0.25) is 0 Å². The Balaban J connectivity index is 1.70. The SMILES string of the molecule is CC1CCC(CNC2CCOc3c(Cl)cc(Cl)cc32)C1. The fraction of sp³-hybridized carbons (Fsp3) is 0.625. The summed E-state index contributed by atoms with van der Waals surface area (Å²) in [6.07, 6.45) is 5.04. The highest BCUT2D eigenvalue weighted by Crippen LogP contribution is 2.40. The predicted molar refractivity (Wildman–Crippen MR) is 83.8 cm³/mol. The lowest BCUT2D eigenvalue weighted by Gasteiger charge is -2.28. The van der Waals surface area contributed by atoms with Crippen molar-refractivity contribution in [3.8, 4) is 5.75 Å². The molecule has 0 spiro atoms. The van der Waals surface area contributed by atoms with Crippen molar-refractivity contribution in [3.05, 3.63) is 27.7 Å². The number of halogens is 2. The van der Waals surface area contributed by atoms with E-state index in [9.17, 15) is 0 Å². The van der Waals surface area contributed by atoms with E-state index in [0.29, 0.717) is 22.7 Å². The van der Waals surface area contributed by atoms with E-state index in [2.05, 4.69) is 12.2 Å². The van der Waals surface area contributed by atoms with Crippen molar-refractivity contribution in [3.63, 3.8) is 0 Å². The van der Waals surface area contributed by atoms with Gasteiger partial charge in [0.1, 0.15) is 5.75 Å². The first kappa shape index (κ1) is 14.5. The smallest absolute Gasteiger partial charge is 0.142 e. The van der Waals surface area contributed by atoms with Crippen molar-refractivity contribution in [2.24, 2.45) is 11.8 Å². The molecular weight excluding hydrogens is 293 g/mol. The largest absolute Gasteiger partial charge is 0.492 e. The van der Waals surface area contributed by atoms with E-state index < -0.39 is 0 Å². The number of rotatable bonds is 3. The molecule has 1 aromatic carbocycles. The Labute approximate surface area is 130 Å². The number of hydrogen-bond acceptors (Lipinski definition) is 2. The lowest BCUT2D eigenvalue weighted by Crippen LogP contribution is -2.30. The summed E-state index contributed by atoms with van der Waals surface area (Å²) in [5, 5.41) is 5.00. The van der Waals surface area contributed by atoms with Crippen molar-refractivity contribution < 1.29 is 4.74 Å². The summed E-state index contributed by atoms with van der Waals surface area (Å²) in [6, 6.07) is 4.05. The average Bonchev–Trinajstić information content (AvgIpc) is 2.82. The van der Waals surface area contributed by atoms with E-state index in [1.807, 2.05) is 6.07 Å². The Morgan fingerprint density at radius 2 is 2.10 bits per heavy atom. The Morgan fingerprint density at radius 3 is 2.85 bits per heavy atom. The molecule has 0 saturated heterocycles. The van der Waals surface area contributed by atoms with Crippen LogP contribution in [0.5, 0.6) is 5.75 Å². The summed E-state index contributed by atoms with van der Waals surface area (Å²) in [5.41, 5.74) is 1.11. The molecule has 1 saturated carbocycles. The second-order valence-electron chi connectivity index (χ2n) is 6.19. The van der Waals surface area contributed by atoms with Crippen LogP contribution < -0.4 is 10.1 Å². The van der Waals surface area contributed by atoms with Gasteiger partial charge in [0.15, 0.2) is 0 Å². The molecule has 0 amide bonds. The average molecular weight is 314 g/mol. The number of fused-ring (bicyclic) bond motifs is 1. The Kier molecular flexibility index (Phi) is 4.44. The standard InChI is InChI=1S/C16H21Cl2NO/c1-10-2-3-11(6-10)9-19-15-4-5-20-16-13(15)7-12(17)8-14(16)18/h7-8,10-11,15,19H,2-6,9H2,1H3. The molecule has 0 bridgehead atoms. The normalized spacial score (nSPS) is 29.1. The van der Waals surface area contributed by atoms with Gasteiger partial charge < -0.3 is 10.1 Å². The number of hydrogen-bond donors (Lipinski definition) is 1. The van der Waals surface area contributed by atoms with Gasteiger partial charge in [-0.25, -0.2) is 0 Å². The Hall–Kier alpha value is -0.440. The van der Waals surface area contributed by atoms with Gasteiger partial charge >= 0.3 is 0 Å². The topological polar surface area (TPSA) is 21.3 Å². The van der Waals surface area contributed by atoms with Crippen LogP contribution in [0.4, 0.5) is 0 Å². The first-order chi connectivity index (χ1) is 9.63. The second kappa shape index (κ2) is 6.13. The maximum atomic E-state index is 6.22. The van der Waals surface area contributed by atoms with Crippen molar-refractivity contribution >= 4 is 23.2 Å². The molecule has 4 heteroatoms. The molecule has 0 radical (unpaired) electrons. The maximum absolute atomic E-state index is 6.22. The quantitative estimate of drug-likeness (QED) is 0.861. The number of benzene rings is 1. The fourth-order valence-electron chi connectivity index (χ4n) is 3.46. The van der Waals surface area contributed by atoms with Crippen LogP contribution in [0.15, 0.2) is 12.1 Å². The Bertz CT molecular complexity index is 492. The summed E-state index contributed by atoms with van der Waals surface area (Å²) >= 11 is 12.3.